The van der Waals surface area contributed by atoms with E-state index in [1.54, 1.807) is 30.3 Å². The van der Waals surface area contributed by atoms with Gasteiger partial charge in [-0.25, -0.2) is 10.3 Å². The second kappa shape index (κ2) is 7.07. The molecular weight excluding hydrogens is 288 g/mol. The number of benzene rings is 2. The van der Waals surface area contributed by atoms with Gasteiger partial charge in [0.1, 0.15) is 22.7 Å². The Balaban J connectivity index is 2.06. The molecule has 0 aromatic heterocycles. The highest BCUT2D eigenvalue weighted by Crippen LogP contribution is 2.25. The Morgan fingerprint density at radius 3 is 2.36 bits per heavy atom. The van der Waals surface area contributed by atoms with Crippen molar-refractivity contribution in [2.24, 2.45) is 5.18 Å². The van der Waals surface area contributed by atoms with Crippen LogP contribution in [0.3, 0.4) is 0 Å². The van der Waals surface area contributed by atoms with E-state index in [1.807, 2.05) is 0 Å². The van der Waals surface area contributed by atoms with E-state index in [0.29, 0.717) is 17.2 Å². The first kappa shape index (κ1) is 15.3. The summed E-state index contributed by atoms with van der Waals surface area (Å²) >= 11 is 0. The minimum Gasteiger partial charge on any atom is -0.497 e. The largest absolute Gasteiger partial charge is 0.497 e. The van der Waals surface area contributed by atoms with Crippen LogP contribution < -0.4 is 15.0 Å². The minimum absolute atomic E-state index is 0.252. The zero-order chi connectivity index (χ0) is 15.9. The summed E-state index contributed by atoms with van der Waals surface area (Å²) < 4.78 is 10.2. The van der Waals surface area contributed by atoms with E-state index in [-0.39, 0.29) is 11.3 Å². The van der Waals surface area contributed by atoms with Crippen molar-refractivity contribution in [2.45, 2.75) is 0 Å². The number of carbonyl (C=O) groups excluding carboxylic acids is 1. The van der Waals surface area contributed by atoms with Gasteiger partial charge in [-0.2, -0.15) is 0 Å². The predicted octanol–water partition coefficient (Wildman–Crippen LogP) is 3.29. The maximum absolute atomic E-state index is 12.0. The van der Waals surface area contributed by atoms with Crippen LogP contribution in [0.4, 0.5) is 11.4 Å². The summed E-state index contributed by atoms with van der Waals surface area (Å²) in [6.45, 7) is 0. The van der Waals surface area contributed by atoms with Crippen LogP contribution in [0.5, 0.6) is 11.5 Å². The summed E-state index contributed by atoms with van der Waals surface area (Å²) in [5.74, 6) is 0.294. The molecule has 22 heavy (non-hydrogen) atoms. The zero-order valence-corrected chi connectivity index (χ0v) is 12.0. The first-order valence-electron chi connectivity index (χ1n) is 6.30. The number of methoxy groups -OCH3 is 2. The molecule has 0 saturated carbocycles. The monoisotopic (exact) mass is 302 g/mol. The number of nitrogens with one attached hydrogen (secondary N) is 1. The van der Waals surface area contributed by atoms with Gasteiger partial charge < -0.3 is 14.3 Å². The molecule has 0 fully saturated rings. The van der Waals surface area contributed by atoms with Gasteiger partial charge >= 0.3 is 5.97 Å². The molecule has 114 valence electrons. The van der Waals surface area contributed by atoms with Gasteiger partial charge in [0.05, 0.1) is 19.9 Å². The zero-order valence-electron chi connectivity index (χ0n) is 12.0. The van der Waals surface area contributed by atoms with Crippen LogP contribution in [0.15, 0.2) is 47.6 Å². The van der Waals surface area contributed by atoms with E-state index in [2.05, 4.69) is 10.7 Å². The molecule has 0 aliphatic carbocycles. The van der Waals surface area contributed by atoms with Gasteiger partial charge in [0, 0.05) is 6.07 Å². The number of nitrogens with zero attached hydrogens (tertiary/aromatic N) is 1. The third-order valence-electron chi connectivity index (χ3n) is 2.86. The van der Waals surface area contributed by atoms with Gasteiger partial charge in [-0.3, -0.25) is 0 Å². The Hall–Kier alpha value is -3.09. The molecule has 0 radical (unpaired) electrons. The average Bonchev–Trinajstić information content (AvgIpc) is 2.59. The Morgan fingerprint density at radius 1 is 1.05 bits per heavy atom. The number of carbonyl (C=O) groups is 1. The van der Waals surface area contributed by atoms with Crippen LogP contribution in [-0.4, -0.2) is 20.2 Å². The summed E-state index contributed by atoms with van der Waals surface area (Å²) in [4.78, 5) is 27.3. The van der Waals surface area contributed by atoms with Crippen LogP contribution in [-0.2, 0) is 4.84 Å². The minimum atomic E-state index is -0.614. The number of ether oxygens (including phenoxy) is 2. The number of hydrogen-bond donors (Lipinski definition) is 1. The smallest absolute Gasteiger partial charge is 0.366 e. The Labute approximate surface area is 126 Å². The first-order chi connectivity index (χ1) is 10.7. The van der Waals surface area contributed by atoms with Gasteiger partial charge in [0.15, 0.2) is 0 Å². The fourth-order valence-electron chi connectivity index (χ4n) is 1.72. The SMILES string of the molecule is COc1ccc(C(=O)ONc2ccc(N=O)cc2)c(OC)c1. The molecule has 0 saturated heterocycles. The van der Waals surface area contributed by atoms with Gasteiger partial charge in [0.25, 0.3) is 0 Å². The molecule has 0 amide bonds. The summed E-state index contributed by atoms with van der Waals surface area (Å²) in [7, 11) is 2.97. The number of nitroso groups, excluding NO2 is 1. The Bertz CT molecular complexity index is 670. The van der Waals surface area contributed by atoms with Crippen LogP contribution >= 0.6 is 0 Å². The number of rotatable bonds is 6. The lowest BCUT2D eigenvalue weighted by molar-refractivity contribution is 0.0593. The maximum Gasteiger partial charge on any atom is 0.366 e. The molecular formula is C15H14N2O5. The van der Waals surface area contributed by atoms with Crippen molar-refractivity contribution in [3.8, 4) is 11.5 Å². The van der Waals surface area contributed by atoms with E-state index in [0.717, 1.165) is 0 Å². The number of hydrogen-bond acceptors (Lipinski definition) is 7. The molecule has 0 aliphatic heterocycles. The van der Waals surface area contributed by atoms with Crippen molar-refractivity contribution in [1.82, 2.24) is 0 Å². The van der Waals surface area contributed by atoms with Crippen molar-refractivity contribution in [2.75, 3.05) is 19.7 Å². The quantitative estimate of drug-likeness (QED) is 0.651. The van der Waals surface area contributed by atoms with Crippen LogP contribution in [0, 0.1) is 4.91 Å². The third kappa shape index (κ3) is 3.51. The molecule has 2 rings (SSSR count). The second-order valence-electron chi connectivity index (χ2n) is 4.20. The molecule has 0 atom stereocenters. The summed E-state index contributed by atoms with van der Waals surface area (Å²) in [5.41, 5.74) is 3.54. The van der Waals surface area contributed by atoms with Crippen molar-refractivity contribution in [3.63, 3.8) is 0 Å². The third-order valence-corrected chi connectivity index (χ3v) is 2.86. The lowest BCUT2D eigenvalue weighted by atomic mass is 10.2. The first-order valence-corrected chi connectivity index (χ1v) is 6.30. The summed E-state index contributed by atoms with van der Waals surface area (Å²) in [6.07, 6.45) is 0. The normalized spacial score (nSPS) is 9.73. The molecule has 2 aromatic rings. The van der Waals surface area contributed by atoms with Crippen LogP contribution in [0.1, 0.15) is 10.4 Å². The summed E-state index contributed by atoms with van der Waals surface area (Å²) in [6, 6.07) is 10.9. The fraction of sp³-hybridized carbons (Fsp3) is 0.133. The topological polar surface area (TPSA) is 86.2 Å². The summed E-state index contributed by atoms with van der Waals surface area (Å²) in [5, 5.41) is 2.78. The predicted molar refractivity (Wildman–Crippen MR) is 80.5 cm³/mol. The second-order valence-corrected chi connectivity index (χ2v) is 4.20. The highest BCUT2D eigenvalue weighted by atomic mass is 16.7. The van der Waals surface area contributed by atoms with Crippen molar-refractivity contribution in [3.05, 3.63) is 52.9 Å². The lowest BCUT2D eigenvalue weighted by Crippen LogP contribution is -2.12. The number of anilines is 1. The molecule has 7 nitrogen and oxygen atoms in total. The van der Waals surface area contributed by atoms with Gasteiger partial charge in [-0.15, -0.1) is 4.91 Å². The van der Waals surface area contributed by atoms with Gasteiger partial charge in [-0.1, -0.05) is 0 Å². The van der Waals surface area contributed by atoms with Crippen molar-refractivity contribution in [1.29, 1.82) is 0 Å². The molecule has 0 heterocycles. The van der Waals surface area contributed by atoms with Crippen molar-refractivity contribution < 1.29 is 19.1 Å². The van der Waals surface area contributed by atoms with E-state index >= 15 is 0 Å². The molecule has 0 aliphatic rings. The van der Waals surface area contributed by atoms with Crippen LogP contribution in [0.2, 0.25) is 0 Å². The molecule has 1 N–H and O–H groups in total. The van der Waals surface area contributed by atoms with Gasteiger partial charge in [-0.05, 0) is 41.6 Å². The van der Waals surface area contributed by atoms with E-state index in [4.69, 9.17) is 14.3 Å². The molecule has 2 aromatic carbocycles. The molecule has 0 unspecified atom stereocenters. The van der Waals surface area contributed by atoms with E-state index in [9.17, 15) is 9.70 Å². The Kier molecular flexibility index (Phi) is 4.92. The maximum atomic E-state index is 12.0. The molecule has 0 spiro atoms. The van der Waals surface area contributed by atoms with E-state index in [1.165, 1.54) is 26.4 Å². The van der Waals surface area contributed by atoms with Crippen molar-refractivity contribution >= 4 is 17.3 Å². The standard InChI is InChI=1S/C15H14N2O5/c1-20-12-7-8-13(14(9-12)21-2)15(18)22-17-11-5-3-10(16-19)4-6-11/h3-9,17H,1-2H3. The molecule has 0 bridgehead atoms. The Morgan fingerprint density at radius 2 is 1.77 bits per heavy atom. The highest BCUT2D eigenvalue weighted by molar-refractivity contribution is 5.93. The van der Waals surface area contributed by atoms with Crippen LogP contribution in [0.25, 0.3) is 0 Å². The average molecular weight is 302 g/mol. The highest BCUT2D eigenvalue weighted by Gasteiger charge is 2.15. The van der Waals surface area contributed by atoms with E-state index < -0.39 is 5.97 Å². The molecule has 7 heteroatoms. The lowest BCUT2D eigenvalue weighted by Gasteiger charge is -2.10. The van der Waals surface area contributed by atoms with Gasteiger partial charge in [0.2, 0.25) is 0 Å². The fourth-order valence-corrected chi connectivity index (χ4v) is 1.72.